The van der Waals surface area contributed by atoms with Crippen LogP contribution in [-0.2, 0) is 67.0 Å². The van der Waals surface area contributed by atoms with Crippen LogP contribution in [0.25, 0.3) is 0 Å². The van der Waals surface area contributed by atoms with E-state index in [4.69, 9.17) is 0 Å². The fourth-order valence-electron chi connectivity index (χ4n) is 0. The van der Waals surface area contributed by atoms with E-state index < -0.39 is 0 Å². The van der Waals surface area contributed by atoms with Gasteiger partial charge < -0.3 is 27.4 Å². The first kappa shape index (κ1) is 222. The molecule has 0 heterocycles. The maximum atomic E-state index is 0. The van der Waals surface area contributed by atoms with Crippen LogP contribution >= 0.6 is 0 Å². The Hall–Kier alpha value is 1.87. The normalized spacial score (nSPS) is 0. The molecule has 0 aliphatic rings. The van der Waals surface area contributed by atoms with Crippen molar-refractivity contribution in [2.24, 2.45) is 0 Å². The quantitative estimate of drug-likeness (QED) is 0.413. The first-order valence-corrected chi connectivity index (χ1v) is 0. The van der Waals surface area contributed by atoms with E-state index in [0.29, 0.717) is 0 Å². The number of rotatable bonds is 0. The first-order chi connectivity index (χ1) is 0. The van der Waals surface area contributed by atoms with Crippen LogP contribution in [-0.4, -0.2) is 23.9 Å². The molecular formula is IrO5SnZn. The van der Waals surface area contributed by atoms with Gasteiger partial charge in [-0.1, -0.05) is 0 Å². The Kier molecular flexibility index (Phi) is 4350. The zero-order chi connectivity index (χ0) is 0. The van der Waals surface area contributed by atoms with Crippen LogP contribution in [0.3, 0.4) is 0 Å². The molecule has 0 bridgehead atoms. The van der Waals surface area contributed by atoms with Crippen molar-refractivity contribution >= 4 is 23.9 Å². The minimum Gasteiger partial charge on any atom is -2.00 e. The molecule has 8 heavy (non-hydrogen) atoms. The maximum Gasteiger partial charge on any atom is 4.00 e. The molecule has 0 unspecified atom stereocenters. The number of hydrogen-bond acceptors (Lipinski definition) is 0. The zero-order valence-electron chi connectivity index (χ0n) is 3.58. The molecule has 45 valence electrons. The van der Waals surface area contributed by atoms with Crippen molar-refractivity contribution in [2.45, 2.75) is 0 Å². The summed E-state index contributed by atoms with van der Waals surface area (Å²) in [5.41, 5.74) is 0. The van der Waals surface area contributed by atoms with Crippen molar-refractivity contribution < 1.29 is 67.0 Å². The Bertz CT molecular complexity index is 12.4. The van der Waals surface area contributed by atoms with Gasteiger partial charge >= 0.3 is 63.5 Å². The van der Waals surface area contributed by atoms with E-state index in [1.54, 1.807) is 0 Å². The molecule has 0 amide bonds. The Morgan fingerprint density at radius 1 is 0.500 bits per heavy atom. The van der Waals surface area contributed by atoms with Gasteiger partial charge in [-0.15, -0.1) is 0 Å². The predicted octanol–water partition coefficient (Wildman–Crippen LogP) is -0.980. The van der Waals surface area contributed by atoms with Gasteiger partial charge in [0.25, 0.3) is 0 Å². The second kappa shape index (κ2) is 157. The Balaban J connectivity index is 0. The fourth-order valence-corrected chi connectivity index (χ4v) is 0. The molecule has 1 radical (unpaired) electrons. The summed E-state index contributed by atoms with van der Waals surface area (Å²) in [4.78, 5) is 0. The summed E-state index contributed by atoms with van der Waals surface area (Å²) in [5.74, 6) is 0. The van der Waals surface area contributed by atoms with Gasteiger partial charge in [-0.3, -0.25) is 0 Å². The maximum absolute atomic E-state index is 0. The summed E-state index contributed by atoms with van der Waals surface area (Å²) < 4.78 is 0. The molecular weight excluding hydrogens is 456 g/mol. The molecule has 0 rings (SSSR count). The molecule has 0 N–H and O–H groups in total. The van der Waals surface area contributed by atoms with Gasteiger partial charge in [0.1, 0.15) is 0 Å². The minimum atomic E-state index is 0. The van der Waals surface area contributed by atoms with Crippen molar-refractivity contribution in [3.8, 4) is 0 Å². The van der Waals surface area contributed by atoms with Crippen molar-refractivity contribution in [3.05, 3.63) is 0 Å². The average molecular weight is 456 g/mol. The summed E-state index contributed by atoms with van der Waals surface area (Å²) in [5, 5.41) is 0. The molecule has 0 aliphatic heterocycles. The first-order valence-electron chi connectivity index (χ1n) is 0. The summed E-state index contributed by atoms with van der Waals surface area (Å²) >= 11 is 0. The van der Waals surface area contributed by atoms with E-state index >= 15 is 0 Å². The van der Waals surface area contributed by atoms with Crippen LogP contribution in [0.15, 0.2) is 0 Å². The van der Waals surface area contributed by atoms with Gasteiger partial charge in [0.05, 0.1) is 0 Å². The number of hydrogen-bond donors (Lipinski definition) is 0. The molecule has 0 atom stereocenters. The summed E-state index contributed by atoms with van der Waals surface area (Å²) in [6.07, 6.45) is 0. The second-order valence-electron chi connectivity index (χ2n) is 0. The fraction of sp³-hybridized carbons (Fsp3) is 0. The second-order valence-corrected chi connectivity index (χ2v) is 0. The van der Waals surface area contributed by atoms with Crippen molar-refractivity contribution in [1.29, 1.82) is 0 Å². The molecule has 5 nitrogen and oxygen atoms in total. The third-order valence-electron chi connectivity index (χ3n) is 0. The monoisotopic (exact) mass is 457 g/mol. The average Bonchev–Trinajstić information content (AvgIpc) is 0. The van der Waals surface area contributed by atoms with Gasteiger partial charge in [-0.2, -0.15) is 0 Å². The molecule has 0 aromatic rings. The van der Waals surface area contributed by atoms with Gasteiger partial charge in [-0.25, -0.2) is 0 Å². The predicted molar refractivity (Wildman–Crippen MR) is 9.19 cm³/mol. The van der Waals surface area contributed by atoms with E-state index in [1.165, 1.54) is 0 Å². The summed E-state index contributed by atoms with van der Waals surface area (Å²) in [6, 6.07) is 0. The largest absolute Gasteiger partial charge is 4.00 e. The Morgan fingerprint density at radius 2 is 0.500 bits per heavy atom. The Morgan fingerprint density at radius 3 is 0.500 bits per heavy atom. The van der Waals surface area contributed by atoms with Crippen molar-refractivity contribution in [3.63, 3.8) is 0 Å². The van der Waals surface area contributed by atoms with Crippen LogP contribution in [0.2, 0.25) is 0 Å². The van der Waals surface area contributed by atoms with E-state index in [9.17, 15) is 0 Å². The van der Waals surface area contributed by atoms with Crippen LogP contribution in [0.4, 0.5) is 0 Å². The van der Waals surface area contributed by atoms with Gasteiger partial charge in [0.2, 0.25) is 0 Å². The van der Waals surface area contributed by atoms with E-state index in [0.717, 1.165) is 0 Å². The third-order valence-corrected chi connectivity index (χ3v) is 0. The van der Waals surface area contributed by atoms with Crippen LogP contribution in [0.5, 0.6) is 0 Å². The smallest absolute Gasteiger partial charge is 2.00 e. The van der Waals surface area contributed by atoms with Crippen LogP contribution in [0.1, 0.15) is 0 Å². The molecule has 0 saturated heterocycles. The zero-order valence-corrected chi connectivity index (χ0v) is 11.8. The topological polar surface area (TPSA) is 142 Å². The van der Waals surface area contributed by atoms with E-state index in [2.05, 4.69) is 0 Å². The molecule has 0 spiro atoms. The molecule has 8 heteroatoms. The van der Waals surface area contributed by atoms with Gasteiger partial charge in [0.15, 0.2) is 0 Å². The van der Waals surface area contributed by atoms with Crippen molar-refractivity contribution in [2.75, 3.05) is 0 Å². The van der Waals surface area contributed by atoms with Crippen LogP contribution in [0, 0.1) is 0 Å². The van der Waals surface area contributed by atoms with Gasteiger partial charge in [-0.05, 0) is 0 Å². The molecule has 0 aromatic heterocycles. The van der Waals surface area contributed by atoms with Crippen molar-refractivity contribution in [1.82, 2.24) is 0 Å². The van der Waals surface area contributed by atoms with Crippen LogP contribution < -0.4 is 0 Å². The molecule has 0 aliphatic carbocycles. The standard InChI is InChI=1S/Ir.5O.Sn.Zn/q+4;5*-2;+4;+2. The third kappa shape index (κ3) is 106. The molecule has 0 saturated carbocycles. The molecule has 0 fully saturated rings. The van der Waals surface area contributed by atoms with E-state index in [1.807, 2.05) is 0 Å². The Labute approximate surface area is 90.2 Å². The molecule has 0 aromatic carbocycles. The summed E-state index contributed by atoms with van der Waals surface area (Å²) in [6.45, 7) is 0. The SMILES string of the molecule is [Ir+4].[O-2].[O-2].[O-2].[O-2].[O-2].[Sn+4].[Zn+2]. The van der Waals surface area contributed by atoms with E-state index in [-0.39, 0.29) is 90.9 Å². The van der Waals surface area contributed by atoms with Gasteiger partial charge in [0, 0.05) is 0 Å². The minimum absolute atomic E-state index is 0. The summed E-state index contributed by atoms with van der Waals surface area (Å²) in [7, 11) is 0.